The molecule has 1 aliphatic rings. The van der Waals surface area contributed by atoms with Crippen molar-refractivity contribution in [3.63, 3.8) is 0 Å². The minimum atomic E-state index is -0.921. The molecule has 25 heavy (non-hydrogen) atoms. The molecular weight excluding hydrogens is 329 g/mol. The smallest absolute Gasteiger partial charge is 0.217 e. The van der Waals surface area contributed by atoms with Gasteiger partial charge in [-0.15, -0.1) is 0 Å². The van der Waals surface area contributed by atoms with Gasteiger partial charge >= 0.3 is 0 Å². The molecule has 0 aliphatic carbocycles. The molecule has 0 fully saturated rings. The third-order valence-electron chi connectivity index (χ3n) is 3.85. The van der Waals surface area contributed by atoms with Crippen LogP contribution in [0.2, 0.25) is 0 Å². The van der Waals surface area contributed by atoms with Crippen molar-refractivity contribution in [1.82, 2.24) is 5.32 Å². The number of benzene rings is 1. The van der Waals surface area contributed by atoms with Crippen LogP contribution in [0.5, 0.6) is 0 Å². The molecule has 134 valence electrons. The van der Waals surface area contributed by atoms with Crippen molar-refractivity contribution in [2.75, 3.05) is 20.3 Å². The monoisotopic (exact) mass is 349 g/mol. The summed E-state index contributed by atoms with van der Waals surface area (Å²) in [6.45, 7) is 1.04. The first kappa shape index (κ1) is 18.7. The lowest BCUT2D eigenvalue weighted by Gasteiger charge is -2.20. The van der Waals surface area contributed by atoms with Crippen LogP contribution in [0.15, 0.2) is 34.5 Å². The maximum atomic E-state index is 13.1. The summed E-state index contributed by atoms with van der Waals surface area (Å²) in [6, 6.07) is 6.30. The molecule has 1 N–H and O–H groups in total. The van der Waals surface area contributed by atoms with Crippen LogP contribution in [0, 0.1) is 0 Å². The fourth-order valence-electron chi connectivity index (χ4n) is 2.59. The second-order valence-corrected chi connectivity index (χ2v) is 5.61. The molecule has 1 heterocycles. The van der Waals surface area contributed by atoms with Crippen LogP contribution >= 0.6 is 0 Å². The highest BCUT2D eigenvalue weighted by Gasteiger charge is 2.24. The summed E-state index contributed by atoms with van der Waals surface area (Å²) >= 11 is 0. The van der Waals surface area contributed by atoms with Gasteiger partial charge in [-0.25, -0.2) is 0 Å². The Kier molecular flexibility index (Phi) is 6.73. The maximum absolute atomic E-state index is 13.1. The van der Waals surface area contributed by atoms with Crippen molar-refractivity contribution >= 4 is 11.6 Å². The number of halogens is 1. The maximum Gasteiger partial charge on any atom is 0.217 e. The van der Waals surface area contributed by atoms with Crippen LogP contribution in [0.25, 0.3) is 10.4 Å². The number of ether oxygens (including phenoxy) is 1. The molecule has 0 radical (unpaired) electrons. The summed E-state index contributed by atoms with van der Waals surface area (Å²) < 4.78 is 18.3. The molecule has 0 aromatic heterocycles. The molecule has 9 heteroatoms. The highest BCUT2D eigenvalue weighted by atomic mass is 19.1. The Morgan fingerprint density at radius 1 is 1.56 bits per heavy atom. The first-order chi connectivity index (χ1) is 12.1. The molecule has 8 nitrogen and oxygen atoms in total. The van der Waals surface area contributed by atoms with E-state index in [9.17, 15) is 9.18 Å². The van der Waals surface area contributed by atoms with Gasteiger partial charge in [0.05, 0.1) is 24.4 Å². The summed E-state index contributed by atoms with van der Waals surface area (Å²) in [5.41, 5.74) is 10.9. The summed E-state index contributed by atoms with van der Waals surface area (Å²) in [4.78, 5) is 18.9. The molecule has 0 saturated heterocycles. The third kappa shape index (κ3) is 4.91. The van der Waals surface area contributed by atoms with Crippen LogP contribution in [0.1, 0.15) is 30.6 Å². The minimum absolute atomic E-state index is 0.116. The van der Waals surface area contributed by atoms with Gasteiger partial charge in [-0.1, -0.05) is 34.5 Å². The lowest BCUT2D eigenvalue weighted by Crippen LogP contribution is -2.30. The summed E-state index contributed by atoms with van der Waals surface area (Å²) in [5.74, 6) is -0.116. The molecule has 0 unspecified atom stereocenters. The van der Waals surface area contributed by atoms with E-state index in [0.717, 1.165) is 11.3 Å². The predicted octanol–water partition coefficient (Wildman–Crippen LogP) is 2.65. The van der Waals surface area contributed by atoms with Crippen molar-refractivity contribution < 1.29 is 18.8 Å². The number of methoxy groups -OCH3 is 1. The summed E-state index contributed by atoms with van der Waals surface area (Å²) in [7, 11) is 1.44. The zero-order valence-electron chi connectivity index (χ0n) is 14.1. The van der Waals surface area contributed by atoms with Gasteiger partial charge in [0.25, 0.3) is 0 Å². The SMILES string of the molecule is CO[C@H](c1ccc(C2=NO[C@H](CNC(C)=O)C2)cc1)[C@@H](CF)N=[N+]=[N-]. The molecule has 3 atom stereocenters. The number of oxime groups is 1. The molecule has 1 amide bonds. The van der Waals surface area contributed by atoms with Gasteiger partial charge < -0.3 is 14.9 Å². The number of nitrogens with zero attached hydrogens (tertiary/aromatic N) is 4. The van der Waals surface area contributed by atoms with Crippen LogP contribution in [0.4, 0.5) is 4.39 Å². The number of azide groups is 1. The van der Waals surface area contributed by atoms with Crippen molar-refractivity contribution in [2.24, 2.45) is 10.3 Å². The first-order valence-electron chi connectivity index (χ1n) is 7.79. The predicted molar refractivity (Wildman–Crippen MR) is 89.8 cm³/mol. The van der Waals surface area contributed by atoms with Gasteiger partial charge in [0.2, 0.25) is 5.91 Å². The van der Waals surface area contributed by atoms with E-state index in [1.165, 1.54) is 14.0 Å². The Labute approximate surface area is 144 Å². The largest absolute Gasteiger partial charge is 0.390 e. The number of hydrogen-bond donors (Lipinski definition) is 1. The van der Waals surface area contributed by atoms with Crippen LogP contribution in [-0.2, 0) is 14.4 Å². The Bertz CT molecular complexity index is 673. The summed E-state index contributed by atoms with van der Waals surface area (Å²) in [5, 5.41) is 10.2. The second kappa shape index (κ2) is 9.00. The number of carbonyl (C=O) groups is 1. The van der Waals surface area contributed by atoms with E-state index in [1.54, 1.807) is 12.1 Å². The van der Waals surface area contributed by atoms with Gasteiger partial charge in [-0.3, -0.25) is 9.18 Å². The van der Waals surface area contributed by atoms with E-state index in [4.69, 9.17) is 15.1 Å². The molecule has 0 spiro atoms. The lowest BCUT2D eigenvalue weighted by molar-refractivity contribution is -0.119. The Morgan fingerprint density at radius 3 is 2.84 bits per heavy atom. The molecule has 1 aromatic carbocycles. The molecule has 0 bridgehead atoms. The molecule has 0 saturated carbocycles. The normalized spacial score (nSPS) is 18.5. The van der Waals surface area contributed by atoms with E-state index < -0.39 is 18.8 Å². The van der Waals surface area contributed by atoms with Gasteiger partial charge in [0.1, 0.15) is 12.8 Å². The topological polar surface area (TPSA) is 109 Å². The van der Waals surface area contributed by atoms with Gasteiger partial charge in [0, 0.05) is 25.4 Å². The van der Waals surface area contributed by atoms with Crippen molar-refractivity contribution in [3.05, 3.63) is 45.8 Å². The quantitative estimate of drug-likeness (QED) is 0.442. The molecule has 1 aromatic rings. The van der Waals surface area contributed by atoms with E-state index in [1.807, 2.05) is 12.1 Å². The first-order valence-corrected chi connectivity index (χ1v) is 7.79. The number of hydrogen-bond acceptors (Lipinski definition) is 5. The third-order valence-corrected chi connectivity index (χ3v) is 3.85. The second-order valence-electron chi connectivity index (χ2n) is 5.61. The Balaban J connectivity index is 2.04. The number of alkyl halides is 1. The van der Waals surface area contributed by atoms with Crippen LogP contribution < -0.4 is 5.32 Å². The number of amides is 1. The fourth-order valence-corrected chi connectivity index (χ4v) is 2.59. The zero-order valence-corrected chi connectivity index (χ0v) is 14.1. The Hall–Kier alpha value is -2.64. The summed E-state index contributed by atoms with van der Waals surface area (Å²) in [6.07, 6.45) is -0.269. The van der Waals surface area contributed by atoms with E-state index in [0.29, 0.717) is 18.5 Å². The van der Waals surface area contributed by atoms with Crippen LogP contribution in [-0.4, -0.2) is 44.1 Å². The van der Waals surface area contributed by atoms with E-state index >= 15 is 0 Å². The van der Waals surface area contributed by atoms with Gasteiger partial charge in [-0.2, -0.15) is 0 Å². The molecular formula is C16H20FN5O3. The minimum Gasteiger partial charge on any atom is -0.390 e. The number of rotatable bonds is 8. The van der Waals surface area contributed by atoms with Crippen molar-refractivity contribution in [2.45, 2.75) is 31.6 Å². The molecule has 2 rings (SSSR count). The standard InChI is InChI=1S/C16H20FN5O3/c1-10(23)19-9-13-7-14(21-25-13)11-3-5-12(6-4-11)16(24-2)15(8-17)20-22-18/h3-6,13,15-16H,7-9H2,1-2H3,(H,19,23)/t13-,15+,16+/m0/s1. The fraction of sp³-hybridized carbons (Fsp3) is 0.500. The molecule has 1 aliphatic heterocycles. The Morgan fingerprint density at radius 2 is 2.28 bits per heavy atom. The van der Waals surface area contributed by atoms with E-state index in [-0.39, 0.29) is 12.0 Å². The van der Waals surface area contributed by atoms with E-state index in [2.05, 4.69) is 20.5 Å². The highest BCUT2D eigenvalue weighted by molar-refractivity contribution is 6.01. The average molecular weight is 349 g/mol. The van der Waals surface area contributed by atoms with Gasteiger partial charge in [-0.05, 0) is 16.7 Å². The van der Waals surface area contributed by atoms with Crippen molar-refractivity contribution in [1.29, 1.82) is 0 Å². The van der Waals surface area contributed by atoms with Gasteiger partial charge in [0.15, 0.2) is 0 Å². The zero-order chi connectivity index (χ0) is 18.2. The average Bonchev–Trinajstić information content (AvgIpc) is 3.09. The highest BCUT2D eigenvalue weighted by Crippen LogP contribution is 2.25. The number of nitrogens with one attached hydrogen (secondary N) is 1. The van der Waals surface area contributed by atoms with Crippen LogP contribution in [0.3, 0.4) is 0 Å². The lowest BCUT2D eigenvalue weighted by atomic mass is 9.99. The number of carbonyl (C=O) groups excluding carboxylic acids is 1. The van der Waals surface area contributed by atoms with Crippen molar-refractivity contribution in [3.8, 4) is 0 Å².